The van der Waals surface area contributed by atoms with Crippen molar-refractivity contribution in [3.05, 3.63) is 47.5 Å². The lowest BCUT2D eigenvalue weighted by Crippen LogP contribution is -2.22. The van der Waals surface area contributed by atoms with Gasteiger partial charge in [-0.25, -0.2) is 4.98 Å². The summed E-state index contributed by atoms with van der Waals surface area (Å²) in [4.78, 5) is 4.53. The van der Waals surface area contributed by atoms with E-state index in [1.807, 2.05) is 25.5 Å². The van der Waals surface area contributed by atoms with Crippen LogP contribution in [0.4, 0.5) is 0 Å². The van der Waals surface area contributed by atoms with Gasteiger partial charge in [-0.05, 0) is 26.5 Å². The van der Waals surface area contributed by atoms with Gasteiger partial charge in [0.25, 0.3) is 0 Å². The molecule has 1 aromatic heterocycles. The quantitative estimate of drug-likeness (QED) is 0.879. The van der Waals surface area contributed by atoms with E-state index >= 15 is 0 Å². The first-order chi connectivity index (χ1) is 9.71. The molecule has 0 amide bonds. The molecule has 1 atom stereocenters. The molecule has 20 heavy (non-hydrogen) atoms. The topological polar surface area (TPSA) is 39.1 Å². The van der Waals surface area contributed by atoms with Crippen molar-refractivity contribution in [2.45, 2.75) is 32.9 Å². The Balaban J connectivity index is 2.46. The summed E-state index contributed by atoms with van der Waals surface area (Å²) in [7, 11) is 3.66. The molecule has 1 heterocycles. The standard InChI is InChI=1S/C16H23N3O/c1-5-9-19-10-8-18-16(19)15(17-3)13-11-12(2)6-7-14(13)20-4/h6-8,10-11,15,17H,5,9H2,1-4H3. The Hall–Kier alpha value is -1.81. The molecule has 4 nitrogen and oxygen atoms in total. The highest BCUT2D eigenvalue weighted by atomic mass is 16.5. The minimum Gasteiger partial charge on any atom is -0.496 e. The number of rotatable bonds is 6. The molecule has 1 N–H and O–H groups in total. The Morgan fingerprint density at radius 1 is 1.40 bits per heavy atom. The van der Waals surface area contributed by atoms with E-state index in [1.54, 1.807) is 7.11 Å². The summed E-state index contributed by atoms with van der Waals surface area (Å²) in [6.07, 6.45) is 4.98. The summed E-state index contributed by atoms with van der Waals surface area (Å²) < 4.78 is 7.70. The smallest absolute Gasteiger partial charge is 0.130 e. The van der Waals surface area contributed by atoms with Crippen LogP contribution in [0.25, 0.3) is 0 Å². The number of ether oxygens (including phenoxy) is 1. The number of hydrogen-bond acceptors (Lipinski definition) is 3. The van der Waals surface area contributed by atoms with Gasteiger partial charge in [-0.1, -0.05) is 24.6 Å². The highest BCUT2D eigenvalue weighted by Crippen LogP contribution is 2.30. The number of nitrogens with one attached hydrogen (secondary N) is 1. The van der Waals surface area contributed by atoms with Crippen molar-refractivity contribution in [2.24, 2.45) is 0 Å². The third-order valence-corrected chi connectivity index (χ3v) is 3.46. The van der Waals surface area contributed by atoms with E-state index in [4.69, 9.17) is 4.74 Å². The van der Waals surface area contributed by atoms with Crippen LogP contribution in [0.5, 0.6) is 5.75 Å². The summed E-state index contributed by atoms with van der Waals surface area (Å²) in [6.45, 7) is 5.24. The van der Waals surface area contributed by atoms with Crippen LogP contribution in [0.15, 0.2) is 30.6 Å². The third-order valence-electron chi connectivity index (χ3n) is 3.46. The second kappa shape index (κ2) is 6.57. The Labute approximate surface area is 120 Å². The van der Waals surface area contributed by atoms with Crippen molar-refractivity contribution in [2.75, 3.05) is 14.2 Å². The van der Waals surface area contributed by atoms with Crippen LogP contribution < -0.4 is 10.1 Å². The Morgan fingerprint density at radius 3 is 2.85 bits per heavy atom. The minimum atomic E-state index is 0.0337. The van der Waals surface area contributed by atoms with Gasteiger partial charge in [0.2, 0.25) is 0 Å². The third kappa shape index (κ3) is 2.85. The van der Waals surface area contributed by atoms with Crippen molar-refractivity contribution in [3.8, 4) is 5.75 Å². The van der Waals surface area contributed by atoms with Crippen LogP contribution in [-0.4, -0.2) is 23.7 Å². The van der Waals surface area contributed by atoms with Crippen LogP contribution in [0.2, 0.25) is 0 Å². The fraction of sp³-hybridized carbons (Fsp3) is 0.438. The molecule has 0 aliphatic carbocycles. The van der Waals surface area contributed by atoms with E-state index in [9.17, 15) is 0 Å². The molecule has 0 saturated carbocycles. The Kier molecular flexibility index (Phi) is 4.79. The van der Waals surface area contributed by atoms with Crippen LogP contribution >= 0.6 is 0 Å². The number of methoxy groups -OCH3 is 1. The molecule has 1 aromatic carbocycles. The summed E-state index contributed by atoms with van der Waals surface area (Å²) in [5, 5.41) is 3.36. The lowest BCUT2D eigenvalue weighted by molar-refractivity contribution is 0.403. The zero-order valence-corrected chi connectivity index (χ0v) is 12.7. The number of benzene rings is 1. The lowest BCUT2D eigenvalue weighted by Gasteiger charge is -2.20. The normalized spacial score (nSPS) is 12.4. The molecule has 2 rings (SSSR count). The molecule has 108 valence electrons. The lowest BCUT2D eigenvalue weighted by atomic mass is 10.0. The van der Waals surface area contributed by atoms with Crippen molar-refractivity contribution in [1.29, 1.82) is 0 Å². The van der Waals surface area contributed by atoms with Gasteiger partial charge >= 0.3 is 0 Å². The van der Waals surface area contributed by atoms with Gasteiger partial charge in [0.05, 0.1) is 13.2 Å². The molecule has 0 aliphatic heterocycles. The molecule has 1 unspecified atom stereocenters. The molecule has 0 radical (unpaired) electrons. The molecule has 0 bridgehead atoms. The molecule has 0 aliphatic rings. The molecular formula is C16H23N3O. The SMILES string of the molecule is CCCn1ccnc1C(NC)c1cc(C)ccc1OC. The molecular weight excluding hydrogens is 250 g/mol. The van der Waals surface area contributed by atoms with Crippen LogP contribution in [-0.2, 0) is 6.54 Å². The summed E-state index contributed by atoms with van der Waals surface area (Å²) >= 11 is 0. The number of nitrogens with zero attached hydrogens (tertiary/aromatic N) is 2. The first-order valence-electron chi connectivity index (χ1n) is 7.04. The van der Waals surface area contributed by atoms with Gasteiger partial charge in [0.1, 0.15) is 11.6 Å². The summed E-state index contributed by atoms with van der Waals surface area (Å²) in [5.41, 5.74) is 2.34. The Morgan fingerprint density at radius 2 is 2.20 bits per heavy atom. The average Bonchev–Trinajstić information content (AvgIpc) is 2.89. The largest absolute Gasteiger partial charge is 0.496 e. The van der Waals surface area contributed by atoms with Crippen molar-refractivity contribution < 1.29 is 4.74 Å². The number of imidazole rings is 1. The van der Waals surface area contributed by atoms with Crippen LogP contribution in [0.3, 0.4) is 0 Å². The second-order valence-corrected chi connectivity index (χ2v) is 4.95. The fourth-order valence-electron chi connectivity index (χ4n) is 2.51. The number of aromatic nitrogens is 2. The van der Waals surface area contributed by atoms with E-state index in [0.717, 1.165) is 30.1 Å². The van der Waals surface area contributed by atoms with Gasteiger partial charge in [-0.15, -0.1) is 0 Å². The van der Waals surface area contributed by atoms with Gasteiger partial charge < -0.3 is 14.6 Å². The van der Waals surface area contributed by atoms with Gasteiger partial charge in [-0.3, -0.25) is 0 Å². The van der Waals surface area contributed by atoms with Gasteiger partial charge in [0, 0.05) is 24.5 Å². The monoisotopic (exact) mass is 273 g/mol. The van der Waals surface area contributed by atoms with Crippen LogP contribution in [0.1, 0.15) is 36.3 Å². The maximum Gasteiger partial charge on any atom is 0.130 e. The van der Waals surface area contributed by atoms with Crippen LogP contribution in [0, 0.1) is 6.92 Å². The van der Waals surface area contributed by atoms with E-state index in [1.165, 1.54) is 5.56 Å². The van der Waals surface area contributed by atoms with E-state index in [-0.39, 0.29) is 6.04 Å². The average molecular weight is 273 g/mol. The van der Waals surface area contributed by atoms with Gasteiger partial charge in [-0.2, -0.15) is 0 Å². The Bertz CT molecular complexity index is 563. The molecule has 0 saturated heterocycles. The molecule has 4 heteroatoms. The molecule has 0 fully saturated rings. The van der Waals surface area contributed by atoms with E-state index in [0.29, 0.717) is 0 Å². The number of hydrogen-bond donors (Lipinski definition) is 1. The highest BCUT2D eigenvalue weighted by Gasteiger charge is 2.21. The summed E-state index contributed by atoms with van der Waals surface area (Å²) in [6, 6.07) is 6.27. The first-order valence-corrected chi connectivity index (χ1v) is 7.04. The fourth-order valence-corrected chi connectivity index (χ4v) is 2.51. The zero-order chi connectivity index (χ0) is 14.5. The van der Waals surface area contributed by atoms with Gasteiger partial charge in [0.15, 0.2) is 0 Å². The molecule has 0 spiro atoms. The maximum atomic E-state index is 5.50. The van der Waals surface area contributed by atoms with Crippen molar-refractivity contribution in [3.63, 3.8) is 0 Å². The number of aryl methyl sites for hydroxylation is 2. The van der Waals surface area contributed by atoms with Crippen molar-refractivity contribution in [1.82, 2.24) is 14.9 Å². The second-order valence-electron chi connectivity index (χ2n) is 4.95. The van der Waals surface area contributed by atoms with E-state index in [2.05, 4.69) is 40.8 Å². The minimum absolute atomic E-state index is 0.0337. The maximum absolute atomic E-state index is 5.50. The zero-order valence-electron chi connectivity index (χ0n) is 12.7. The highest BCUT2D eigenvalue weighted by molar-refractivity contribution is 5.41. The first kappa shape index (κ1) is 14.6. The summed E-state index contributed by atoms with van der Waals surface area (Å²) in [5.74, 6) is 1.92. The van der Waals surface area contributed by atoms with Crippen molar-refractivity contribution >= 4 is 0 Å². The predicted molar refractivity (Wildman–Crippen MR) is 81.2 cm³/mol. The van der Waals surface area contributed by atoms with E-state index < -0.39 is 0 Å². The predicted octanol–water partition coefficient (Wildman–Crippen LogP) is 2.92. The molecule has 2 aromatic rings.